The van der Waals surface area contributed by atoms with Crippen LogP contribution in [-0.4, -0.2) is 12.6 Å². The Morgan fingerprint density at radius 3 is 2.67 bits per heavy atom. The van der Waals surface area contributed by atoms with Crippen LogP contribution in [0.2, 0.25) is 0 Å². The molecule has 0 saturated heterocycles. The van der Waals surface area contributed by atoms with Gasteiger partial charge in [0.1, 0.15) is 5.75 Å². The average Bonchev–Trinajstić information content (AvgIpc) is 2.22. The zero-order valence-corrected chi connectivity index (χ0v) is 8.99. The van der Waals surface area contributed by atoms with Gasteiger partial charge < -0.3 is 10.1 Å². The lowest BCUT2D eigenvalue weighted by Gasteiger charge is -2.04. The highest BCUT2D eigenvalue weighted by atomic mass is 16.5. The molecule has 0 bridgehead atoms. The summed E-state index contributed by atoms with van der Waals surface area (Å²) < 4.78 is 5.03. The average molecular weight is 205 g/mol. The summed E-state index contributed by atoms with van der Waals surface area (Å²) in [7, 11) is 0. The van der Waals surface area contributed by atoms with Crippen molar-refractivity contribution in [1.29, 1.82) is 0 Å². The summed E-state index contributed by atoms with van der Waals surface area (Å²) in [5, 5.41) is 2.60. The maximum absolute atomic E-state index is 11.2. The Morgan fingerprint density at radius 1 is 1.40 bits per heavy atom. The molecule has 0 unspecified atom stereocenters. The minimum absolute atomic E-state index is 0.433. The van der Waals surface area contributed by atoms with Gasteiger partial charge in [-0.05, 0) is 26.0 Å². The lowest BCUT2D eigenvalue weighted by atomic mass is 10.2. The molecule has 1 aromatic carbocycles. The fourth-order valence-electron chi connectivity index (χ4n) is 1.01. The largest absolute Gasteiger partial charge is 0.412 e. The molecule has 0 aliphatic rings. The highest BCUT2D eigenvalue weighted by Crippen LogP contribution is 2.11. The van der Waals surface area contributed by atoms with Crippen LogP contribution in [0, 0.1) is 6.92 Å². The second-order valence-electron chi connectivity index (χ2n) is 3.15. The molecule has 0 fully saturated rings. The van der Waals surface area contributed by atoms with Crippen molar-refractivity contribution in [3.63, 3.8) is 0 Å². The van der Waals surface area contributed by atoms with Gasteiger partial charge in [-0.2, -0.15) is 0 Å². The number of carbonyl (C=O) groups excluding carboxylic acids is 1. The Hall–Kier alpha value is -1.77. The molecule has 1 aromatic rings. The van der Waals surface area contributed by atoms with Gasteiger partial charge in [0.2, 0.25) is 0 Å². The van der Waals surface area contributed by atoms with Crippen molar-refractivity contribution in [3.05, 3.63) is 42.0 Å². The summed E-state index contributed by atoms with van der Waals surface area (Å²) in [4.78, 5) is 11.2. The molecule has 0 saturated carbocycles. The molecule has 0 aromatic heterocycles. The van der Waals surface area contributed by atoms with Crippen LogP contribution in [0.5, 0.6) is 5.75 Å². The molecular weight excluding hydrogens is 190 g/mol. The van der Waals surface area contributed by atoms with Crippen molar-refractivity contribution in [2.75, 3.05) is 6.54 Å². The smallest absolute Gasteiger partial charge is 0.410 e. The number of ether oxygens (including phenoxy) is 1. The number of allylic oxidation sites excluding steroid dienone is 1. The molecule has 15 heavy (non-hydrogen) atoms. The Kier molecular flexibility index (Phi) is 4.41. The first-order chi connectivity index (χ1) is 7.22. The van der Waals surface area contributed by atoms with Crippen LogP contribution in [0.4, 0.5) is 4.79 Å². The number of aryl methyl sites for hydroxylation is 1. The fourth-order valence-corrected chi connectivity index (χ4v) is 1.01. The molecule has 0 heterocycles. The normalized spacial score (nSPS) is 10.3. The van der Waals surface area contributed by atoms with Crippen LogP contribution in [0.1, 0.15) is 12.5 Å². The van der Waals surface area contributed by atoms with Crippen molar-refractivity contribution in [3.8, 4) is 5.75 Å². The van der Waals surface area contributed by atoms with Crippen LogP contribution < -0.4 is 10.1 Å². The lowest BCUT2D eigenvalue weighted by molar-refractivity contribution is 0.201. The van der Waals surface area contributed by atoms with Crippen molar-refractivity contribution in [2.45, 2.75) is 13.8 Å². The zero-order chi connectivity index (χ0) is 11.1. The van der Waals surface area contributed by atoms with Gasteiger partial charge in [0.25, 0.3) is 0 Å². The molecule has 3 nitrogen and oxygen atoms in total. The molecule has 0 radical (unpaired) electrons. The molecular formula is C12H15NO2. The number of rotatable bonds is 3. The molecule has 3 heteroatoms. The molecule has 1 rings (SSSR count). The predicted molar refractivity (Wildman–Crippen MR) is 60.0 cm³/mol. The summed E-state index contributed by atoms with van der Waals surface area (Å²) in [5.41, 5.74) is 1.14. The van der Waals surface area contributed by atoms with E-state index in [1.54, 1.807) is 12.1 Å². The Morgan fingerprint density at radius 2 is 2.07 bits per heavy atom. The maximum atomic E-state index is 11.2. The zero-order valence-electron chi connectivity index (χ0n) is 8.99. The molecule has 0 aliphatic heterocycles. The minimum atomic E-state index is -0.433. The second-order valence-corrected chi connectivity index (χ2v) is 3.15. The number of carbonyl (C=O) groups is 1. The van der Waals surface area contributed by atoms with Gasteiger partial charge in [0.05, 0.1) is 0 Å². The highest BCUT2D eigenvalue weighted by molar-refractivity contribution is 5.70. The van der Waals surface area contributed by atoms with Crippen LogP contribution in [0.3, 0.4) is 0 Å². The van der Waals surface area contributed by atoms with Gasteiger partial charge in [-0.3, -0.25) is 0 Å². The summed E-state index contributed by atoms with van der Waals surface area (Å²) in [6.45, 7) is 4.37. The molecule has 80 valence electrons. The number of hydrogen-bond acceptors (Lipinski definition) is 2. The molecule has 1 amide bonds. The van der Waals surface area contributed by atoms with E-state index in [0.29, 0.717) is 12.3 Å². The van der Waals surface area contributed by atoms with Crippen molar-refractivity contribution in [1.82, 2.24) is 5.32 Å². The monoisotopic (exact) mass is 205 g/mol. The van der Waals surface area contributed by atoms with Gasteiger partial charge >= 0.3 is 6.09 Å². The van der Waals surface area contributed by atoms with Gasteiger partial charge in [0, 0.05) is 6.54 Å². The van der Waals surface area contributed by atoms with Gasteiger partial charge in [-0.25, -0.2) is 4.79 Å². The first-order valence-electron chi connectivity index (χ1n) is 4.86. The number of nitrogens with one attached hydrogen (secondary N) is 1. The van der Waals surface area contributed by atoms with Crippen molar-refractivity contribution in [2.24, 2.45) is 0 Å². The summed E-state index contributed by atoms with van der Waals surface area (Å²) in [6, 6.07) is 7.33. The van der Waals surface area contributed by atoms with E-state index in [2.05, 4.69) is 5.32 Å². The van der Waals surface area contributed by atoms with Crippen LogP contribution >= 0.6 is 0 Å². The van der Waals surface area contributed by atoms with Gasteiger partial charge in [-0.15, -0.1) is 0 Å². The lowest BCUT2D eigenvalue weighted by Crippen LogP contribution is -2.26. The topological polar surface area (TPSA) is 38.3 Å². The first kappa shape index (κ1) is 11.3. The quantitative estimate of drug-likeness (QED) is 0.770. The number of hydrogen-bond donors (Lipinski definition) is 1. The predicted octanol–water partition coefficient (Wildman–Crippen LogP) is 2.66. The van der Waals surface area contributed by atoms with E-state index in [-0.39, 0.29) is 0 Å². The molecule has 1 N–H and O–H groups in total. The van der Waals surface area contributed by atoms with E-state index in [0.717, 1.165) is 5.56 Å². The third-order valence-electron chi connectivity index (χ3n) is 1.83. The first-order valence-corrected chi connectivity index (χ1v) is 4.86. The summed E-state index contributed by atoms with van der Waals surface area (Å²) in [5.74, 6) is 0.554. The van der Waals surface area contributed by atoms with Crippen molar-refractivity contribution < 1.29 is 9.53 Å². The van der Waals surface area contributed by atoms with E-state index in [4.69, 9.17) is 4.74 Å². The number of benzene rings is 1. The summed E-state index contributed by atoms with van der Waals surface area (Å²) in [6.07, 6.45) is 3.28. The highest BCUT2D eigenvalue weighted by Gasteiger charge is 2.01. The minimum Gasteiger partial charge on any atom is -0.410 e. The van der Waals surface area contributed by atoms with Gasteiger partial charge in [0.15, 0.2) is 0 Å². The SMILES string of the molecule is CC=CCNC(=O)Oc1ccc(C)cc1. The molecule has 0 atom stereocenters. The third kappa shape index (κ3) is 4.31. The second kappa shape index (κ2) is 5.86. The van der Waals surface area contributed by atoms with E-state index in [9.17, 15) is 4.79 Å². The Labute approximate surface area is 89.8 Å². The van der Waals surface area contributed by atoms with Crippen LogP contribution in [0.25, 0.3) is 0 Å². The van der Waals surface area contributed by atoms with Gasteiger partial charge in [-0.1, -0.05) is 29.8 Å². The van der Waals surface area contributed by atoms with Crippen LogP contribution in [0.15, 0.2) is 36.4 Å². The third-order valence-corrected chi connectivity index (χ3v) is 1.83. The maximum Gasteiger partial charge on any atom is 0.412 e. The molecule has 0 aliphatic carbocycles. The molecule has 0 spiro atoms. The van der Waals surface area contributed by atoms with Crippen molar-refractivity contribution >= 4 is 6.09 Å². The van der Waals surface area contributed by atoms with E-state index < -0.39 is 6.09 Å². The van der Waals surface area contributed by atoms with Crippen LogP contribution in [-0.2, 0) is 0 Å². The van der Waals surface area contributed by atoms with E-state index >= 15 is 0 Å². The van der Waals surface area contributed by atoms with E-state index in [1.165, 1.54) is 0 Å². The summed E-state index contributed by atoms with van der Waals surface area (Å²) >= 11 is 0. The number of amides is 1. The fraction of sp³-hybridized carbons (Fsp3) is 0.250. The Balaban J connectivity index is 2.41. The van der Waals surface area contributed by atoms with E-state index in [1.807, 2.05) is 38.1 Å². The Bertz CT molecular complexity index is 341. The standard InChI is InChI=1S/C12H15NO2/c1-3-4-9-13-12(14)15-11-7-5-10(2)6-8-11/h3-8H,9H2,1-2H3,(H,13,14).